The van der Waals surface area contributed by atoms with Crippen LogP contribution in [0.3, 0.4) is 0 Å². The maximum Gasteiger partial charge on any atom is 0.505 e. The monoisotopic (exact) mass is 306 g/mol. The van der Waals surface area contributed by atoms with Crippen LogP contribution in [0.2, 0.25) is 0 Å². The Labute approximate surface area is 133 Å². The summed E-state index contributed by atoms with van der Waals surface area (Å²) in [5, 5.41) is 2.35. The zero-order valence-electron chi connectivity index (χ0n) is 14.0. The molecular weight excluding hydrogens is 279 g/mol. The van der Waals surface area contributed by atoms with Crippen molar-refractivity contribution in [3.05, 3.63) is 16.5 Å². The topological polar surface area (TPSA) is 18.5 Å². The van der Waals surface area contributed by atoms with E-state index in [9.17, 15) is 0 Å². The summed E-state index contributed by atoms with van der Waals surface area (Å²) >= 11 is 1.82. The zero-order chi connectivity index (χ0) is 15.3. The van der Waals surface area contributed by atoms with Gasteiger partial charge in [-0.2, -0.15) is 11.3 Å². The summed E-state index contributed by atoms with van der Waals surface area (Å²) in [5.41, 5.74) is 2.45. The fraction of sp³-hybridized carbons (Fsp3) is 0.765. The molecule has 0 unspecified atom stereocenters. The van der Waals surface area contributed by atoms with Gasteiger partial charge in [0.1, 0.15) is 0 Å². The lowest BCUT2D eigenvalue weighted by Gasteiger charge is -2.32. The number of rotatable bonds is 2. The van der Waals surface area contributed by atoms with E-state index >= 15 is 0 Å². The first-order valence-electron chi connectivity index (χ1n) is 8.25. The Hall–Kier alpha value is -0.315. The largest absolute Gasteiger partial charge is 0.505 e. The molecule has 1 aliphatic heterocycles. The molecular formula is C17H27BO2S. The Morgan fingerprint density at radius 1 is 1.05 bits per heavy atom. The van der Waals surface area contributed by atoms with Crippen LogP contribution in [0.4, 0.5) is 0 Å². The SMILES string of the molecule is Cc1c(C2CCCCC2)csc1B1OC(C)(C)C(C)(C)O1. The van der Waals surface area contributed by atoms with Crippen LogP contribution in [0.1, 0.15) is 76.8 Å². The first kappa shape index (κ1) is 15.6. The summed E-state index contributed by atoms with van der Waals surface area (Å²) in [6, 6.07) is 0. The molecule has 2 aliphatic rings. The van der Waals surface area contributed by atoms with Crippen molar-refractivity contribution in [3.63, 3.8) is 0 Å². The van der Waals surface area contributed by atoms with Gasteiger partial charge in [0.25, 0.3) is 0 Å². The highest BCUT2D eigenvalue weighted by molar-refractivity contribution is 7.21. The van der Waals surface area contributed by atoms with Gasteiger partial charge in [-0.3, -0.25) is 0 Å². The van der Waals surface area contributed by atoms with Crippen molar-refractivity contribution < 1.29 is 9.31 Å². The number of hydrogen-bond acceptors (Lipinski definition) is 3. The second-order valence-corrected chi connectivity index (χ2v) is 8.51. The van der Waals surface area contributed by atoms with Gasteiger partial charge in [-0.15, -0.1) is 0 Å². The van der Waals surface area contributed by atoms with Gasteiger partial charge in [0, 0.05) is 4.78 Å². The summed E-state index contributed by atoms with van der Waals surface area (Å²) in [7, 11) is -0.197. The van der Waals surface area contributed by atoms with Crippen LogP contribution in [-0.2, 0) is 9.31 Å². The lowest BCUT2D eigenvalue weighted by molar-refractivity contribution is 0.00578. The van der Waals surface area contributed by atoms with E-state index in [-0.39, 0.29) is 18.3 Å². The molecule has 0 radical (unpaired) electrons. The summed E-state index contributed by atoms with van der Waals surface area (Å²) in [6.07, 6.45) is 6.86. The summed E-state index contributed by atoms with van der Waals surface area (Å²) in [4.78, 5) is 0. The summed E-state index contributed by atoms with van der Waals surface area (Å²) < 4.78 is 13.7. The van der Waals surface area contributed by atoms with Crippen molar-refractivity contribution in [2.75, 3.05) is 0 Å². The van der Waals surface area contributed by atoms with Gasteiger partial charge in [0.2, 0.25) is 0 Å². The minimum Gasteiger partial charge on any atom is -0.399 e. The molecule has 1 aromatic rings. The lowest BCUT2D eigenvalue weighted by atomic mass is 9.79. The number of thiophene rings is 1. The van der Waals surface area contributed by atoms with Crippen LogP contribution in [0, 0.1) is 6.92 Å². The third-order valence-electron chi connectivity index (χ3n) is 5.63. The summed E-state index contributed by atoms with van der Waals surface area (Å²) in [6.45, 7) is 10.7. The Morgan fingerprint density at radius 2 is 1.62 bits per heavy atom. The van der Waals surface area contributed by atoms with E-state index in [4.69, 9.17) is 9.31 Å². The van der Waals surface area contributed by atoms with E-state index in [1.807, 2.05) is 11.3 Å². The molecule has 0 aromatic carbocycles. The third kappa shape index (κ3) is 2.71. The lowest BCUT2D eigenvalue weighted by Crippen LogP contribution is -2.41. The second kappa shape index (κ2) is 5.40. The summed E-state index contributed by atoms with van der Waals surface area (Å²) in [5.74, 6) is 0.756. The van der Waals surface area contributed by atoms with Gasteiger partial charge >= 0.3 is 7.12 Å². The van der Waals surface area contributed by atoms with Crippen LogP contribution in [0.15, 0.2) is 5.38 Å². The molecule has 1 saturated carbocycles. The number of hydrogen-bond donors (Lipinski definition) is 0. The molecule has 3 rings (SSSR count). The average molecular weight is 306 g/mol. The second-order valence-electron chi connectivity index (χ2n) is 7.60. The molecule has 0 N–H and O–H groups in total. The van der Waals surface area contributed by atoms with Gasteiger partial charge in [-0.25, -0.2) is 0 Å². The normalized spacial score (nSPS) is 25.5. The van der Waals surface area contributed by atoms with Gasteiger partial charge < -0.3 is 9.31 Å². The van der Waals surface area contributed by atoms with Gasteiger partial charge in [0.15, 0.2) is 0 Å². The molecule has 2 fully saturated rings. The zero-order valence-corrected chi connectivity index (χ0v) is 14.8. The van der Waals surface area contributed by atoms with Crippen LogP contribution >= 0.6 is 11.3 Å². The van der Waals surface area contributed by atoms with E-state index in [0.717, 1.165) is 5.92 Å². The van der Waals surface area contributed by atoms with E-state index < -0.39 is 0 Å². The fourth-order valence-corrected chi connectivity index (χ4v) is 4.57. The molecule has 0 amide bonds. The van der Waals surface area contributed by atoms with Crippen molar-refractivity contribution in [2.45, 2.75) is 83.8 Å². The molecule has 0 atom stereocenters. The third-order valence-corrected chi connectivity index (χ3v) is 6.75. The Kier molecular flexibility index (Phi) is 4.00. The van der Waals surface area contributed by atoms with Gasteiger partial charge in [-0.05, 0) is 69.9 Å². The van der Waals surface area contributed by atoms with Crippen molar-refractivity contribution in [1.29, 1.82) is 0 Å². The molecule has 2 heterocycles. The van der Waals surface area contributed by atoms with Crippen molar-refractivity contribution in [2.24, 2.45) is 0 Å². The first-order chi connectivity index (χ1) is 9.82. The van der Waals surface area contributed by atoms with E-state index in [1.165, 1.54) is 42.4 Å². The van der Waals surface area contributed by atoms with Crippen LogP contribution in [0.5, 0.6) is 0 Å². The van der Waals surface area contributed by atoms with E-state index in [1.54, 1.807) is 5.56 Å². The van der Waals surface area contributed by atoms with E-state index in [0.29, 0.717) is 0 Å². The highest BCUT2D eigenvalue weighted by atomic mass is 32.1. The molecule has 1 saturated heterocycles. The smallest absolute Gasteiger partial charge is 0.399 e. The molecule has 1 aromatic heterocycles. The Bertz CT molecular complexity index is 499. The van der Waals surface area contributed by atoms with Crippen LogP contribution in [-0.4, -0.2) is 18.3 Å². The maximum atomic E-state index is 6.22. The Morgan fingerprint density at radius 3 is 2.19 bits per heavy atom. The standard InChI is InChI=1S/C17H27BO2S/c1-12-14(13-9-7-6-8-10-13)11-21-15(12)18-19-16(2,3)17(4,5)20-18/h11,13H,6-10H2,1-5H3. The van der Waals surface area contributed by atoms with Crippen molar-refractivity contribution in [3.8, 4) is 0 Å². The minimum atomic E-state index is -0.251. The molecule has 0 bridgehead atoms. The van der Waals surface area contributed by atoms with Crippen LogP contribution in [0.25, 0.3) is 0 Å². The average Bonchev–Trinajstić information content (AvgIpc) is 2.89. The minimum absolute atomic E-state index is 0.197. The maximum absolute atomic E-state index is 6.22. The predicted molar refractivity (Wildman–Crippen MR) is 90.6 cm³/mol. The fourth-order valence-electron chi connectivity index (χ4n) is 3.44. The highest BCUT2D eigenvalue weighted by Crippen LogP contribution is 2.39. The molecule has 0 spiro atoms. The first-order valence-corrected chi connectivity index (χ1v) is 9.13. The van der Waals surface area contributed by atoms with Crippen molar-refractivity contribution in [1.82, 2.24) is 0 Å². The molecule has 4 heteroatoms. The van der Waals surface area contributed by atoms with Crippen LogP contribution < -0.4 is 4.78 Å². The van der Waals surface area contributed by atoms with Gasteiger partial charge in [0.05, 0.1) is 11.2 Å². The predicted octanol–water partition coefficient (Wildman–Crippen LogP) is 4.40. The highest BCUT2D eigenvalue weighted by Gasteiger charge is 2.52. The molecule has 2 nitrogen and oxygen atoms in total. The van der Waals surface area contributed by atoms with E-state index in [2.05, 4.69) is 40.0 Å². The Balaban J connectivity index is 1.83. The molecule has 1 aliphatic carbocycles. The van der Waals surface area contributed by atoms with Crippen molar-refractivity contribution >= 4 is 23.2 Å². The van der Waals surface area contributed by atoms with Gasteiger partial charge in [-0.1, -0.05) is 19.3 Å². The quantitative estimate of drug-likeness (QED) is 0.754. The molecule has 116 valence electrons. The molecule has 21 heavy (non-hydrogen) atoms.